The number of aromatic nitrogens is 2. The van der Waals surface area contributed by atoms with Gasteiger partial charge < -0.3 is 11.1 Å². The molecule has 1 heterocycles. The van der Waals surface area contributed by atoms with Gasteiger partial charge in [-0.2, -0.15) is 0 Å². The SMILES string of the molecule is CC(NC(=O)CN)c1ccc2c(c1)n(C)c(=O)n2C. The van der Waals surface area contributed by atoms with Crippen molar-refractivity contribution < 1.29 is 4.79 Å². The van der Waals surface area contributed by atoms with Crippen LogP contribution < -0.4 is 16.7 Å². The number of imidazole rings is 1. The minimum atomic E-state index is -0.199. The van der Waals surface area contributed by atoms with Crippen LogP contribution in [-0.4, -0.2) is 21.6 Å². The Labute approximate surface area is 110 Å². The van der Waals surface area contributed by atoms with Gasteiger partial charge in [0.25, 0.3) is 0 Å². The van der Waals surface area contributed by atoms with Crippen molar-refractivity contribution >= 4 is 16.9 Å². The highest BCUT2D eigenvalue weighted by Crippen LogP contribution is 2.19. The third kappa shape index (κ3) is 2.26. The predicted octanol–water partition coefficient (Wildman–Crippen LogP) is 0.0129. The number of nitrogens with zero attached hydrogens (tertiary/aromatic N) is 2. The highest BCUT2D eigenvalue weighted by atomic mass is 16.2. The largest absolute Gasteiger partial charge is 0.348 e. The van der Waals surface area contributed by atoms with Gasteiger partial charge in [-0.25, -0.2) is 4.79 Å². The van der Waals surface area contributed by atoms with E-state index < -0.39 is 0 Å². The van der Waals surface area contributed by atoms with Crippen molar-refractivity contribution in [2.24, 2.45) is 19.8 Å². The van der Waals surface area contributed by atoms with E-state index >= 15 is 0 Å². The van der Waals surface area contributed by atoms with Gasteiger partial charge in [0.1, 0.15) is 0 Å². The lowest BCUT2D eigenvalue weighted by Crippen LogP contribution is -2.32. The van der Waals surface area contributed by atoms with Crippen LogP contribution in [0, 0.1) is 0 Å². The number of hydrogen-bond donors (Lipinski definition) is 2. The number of carbonyl (C=O) groups is 1. The summed E-state index contributed by atoms with van der Waals surface area (Å²) in [6.45, 7) is 1.85. The Balaban J connectivity index is 2.44. The highest BCUT2D eigenvalue weighted by molar-refractivity contribution is 5.79. The Kier molecular flexibility index (Phi) is 3.44. The van der Waals surface area contributed by atoms with E-state index in [0.29, 0.717) is 0 Å². The second-order valence-electron chi connectivity index (χ2n) is 4.64. The molecule has 1 atom stereocenters. The Bertz CT molecular complexity index is 684. The van der Waals surface area contributed by atoms with E-state index in [1.165, 1.54) is 0 Å². The average Bonchev–Trinajstić information content (AvgIpc) is 2.63. The summed E-state index contributed by atoms with van der Waals surface area (Å²) < 4.78 is 3.19. The molecule has 0 aliphatic rings. The number of benzene rings is 1. The average molecular weight is 262 g/mol. The molecule has 0 aliphatic heterocycles. The topological polar surface area (TPSA) is 82.1 Å². The van der Waals surface area contributed by atoms with Gasteiger partial charge in [0.05, 0.1) is 23.6 Å². The number of amides is 1. The van der Waals surface area contributed by atoms with Crippen molar-refractivity contribution in [2.45, 2.75) is 13.0 Å². The summed E-state index contributed by atoms with van der Waals surface area (Å²) in [5.41, 5.74) is 7.87. The van der Waals surface area contributed by atoms with Crippen LogP contribution >= 0.6 is 0 Å². The molecule has 0 fully saturated rings. The summed E-state index contributed by atoms with van der Waals surface area (Å²) in [4.78, 5) is 23.1. The fourth-order valence-electron chi connectivity index (χ4n) is 2.18. The molecular weight excluding hydrogens is 244 g/mol. The third-order valence-electron chi connectivity index (χ3n) is 3.36. The van der Waals surface area contributed by atoms with Crippen molar-refractivity contribution in [1.82, 2.24) is 14.5 Å². The van der Waals surface area contributed by atoms with Gasteiger partial charge in [0.2, 0.25) is 5.91 Å². The van der Waals surface area contributed by atoms with Crippen LogP contribution in [0.1, 0.15) is 18.5 Å². The van der Waals surface area contributed by atoms with Crippen LogP contribution in [0.15, 0.2) is 23.0 Å². The number of rotatable bonds is 3. The standard InChI is InChI=1S/C13H18N4O2/c1-8(15-12(18)7-14)9-4-5-10-11(6-9)17(3)13(19)16(10)2/h4-6,8H,7,14H2,1-3H3,(H,15,18). The number of hydrogen-bond acceptors (Lipinski definition) is 3. The lowest BCUT2D eigenvalue weighted by Gasteiger charge is -2.14. The maximum atomic E-state index is 11.8. The fourth-order valence-corrected chi connectivity index (χ4v) is 2.18. The van der Waals surface area contributed by atoms with Gasteiger partial charge in [-0.3, -0.25) is 13.9 Å². The van der Waals surface area contributed by atoms with Gasteiger partial charge in [0, 0.05) is 14.1 Å². The molecule has 0 aliphatic carbocycles. The summed E-state index contributed by atoms with van der Waals surface area (Å²) in [7, 11) is 3.47. The molecule has 0 spiro atoms. The van der Waals surface area contributed by atoms with Gasteiger partial charge in [0.15, 0.2) is 0 Å². The minimum absolute atomic E-state index is 0.0313. The second kappa shape index (κ2) is 4.89. The van der Waals surface area contributed by atoms with Crippen molar-refractivity contribution in [3.8, 4) is 0 Å². The molecule has 3 N–H and O–H groups in total. The summed E-state index contributed by atoms with van der Waals surface area (Å²) in [5, 5.41) is 2.79. The molecule has 6 nitrogen and oxygen atoms in total. The van der Waals surface area contributed by atoms with E-state index in [1.54, 1.807) is 23.2 Å². The molecule has 1 aromatic carbocycles. The smallest absolute Gasteiger partial charge is 0.328 e. The van der Waals surface area contributed by atoms with E-state index in [2.05, 4.69) is 5.32 Å². The van der Waals surface area contributed by atoms with Gasteiger partial charge in [-0.15, -0.1) is 0 Å². The molecular formula is C13H18N4O2. The van der Waals surface area contributed by atoms with Crippen LogP contribution in [0.25, 0.3) is 11.0 Å². The summed E-state index contributed by atoms with van der Waals surface area (Å²) >= 11 is 0. The molecule has 2 aromatic rings. The van der Waals surface area contributed by atoms with Crippen molar-refractivity contribution in [2.75, 3.05) is 6.54 Å². The molecule has 1 aromatic heterocycles. The van der Waals surface area contributed by atoms with E-state index in [1.807, 2.05) is 25.1 Å². The Morgan fingerprint density at radius 1 is 1.32 bits per heavy atom. The van der Waals surface area contributed by atoms with E-state index in [9.17, 15) is 9.59 Å². The maximum absolute atomic E-state index is 11.8. The van der Waals surface area contributed by atoms with Gasteiger partial charge in [-0.1, -0.05) is 6.07 Å². The Hall–Kier alpha value is -2.08. The van der Waals surface area contributed by atoms with E-state index in [-0.39, 0.29) is 24.2 Å². The van der Waals surface area contributed by atoms with Gasteiger partial charge in [-0.05, 0) is 24.6 Å². The van der Waals surface area contributed by atoms with Crippen molar-refractivity contribution in [1.29, 1.82) is 0 Å². The van der Waals surface area contributed by atoms with Crippen molar-refractivity contribution in [3.63, 3.8) is 0 Å². The summed E-state index contributed by atoms with van der Waals surface area (Å²) in [6, 6.07) is 5.56. The van der Waals surface area contributed by atoms with Crippen molar-refractivity contribution in [3.05, 3.63) is 34.2 Å². The lowest BCUT2D eigenvalue weighted by molar-refractivity contribution is -0.120. The monoisotopic (exact) mass is 262 g/mol. The summed E-state index contributed by atoms with van der Waals surface area (Å²) in [6.07, 6.45) is 0. The Morgan fingerprint density at radius 2 is 1.95 bits per heavy atom. The summed E-state index contributed by atoms with van der Waals surface area (Å²) in [5.74, 6) is -0.199. The zero-order valence-corrected chi connectivity index (χ0v) is 11.3. The third-order valence-corrected chi connectivity index (χ3v) is 3.36. The zero-order chi connectivity index (χ0) is 14.2. The van der Waals surface area contributed by atoms with Crippen LogP contribution in [0.4, 0.5) is 0 Å². The normalized spacial score (nSPS) is 12.6. The zero-order valence-electron chi connectivity index (χ0n) is 11.3. The number of nitrogens with one attached hydrogen (secondary N) is 1. The first kappa shape index (κ1) is 13.4. The molecule has 1 unspecified atom stereocenters. The number of fused-ring (bicyclic) bond motifs is 1. The van der Waals surface area contributed by atoms with Crippen LogP contribution in [-0.2, 0) is 18.9 Å². The molecule has 0 bridgehead atoms. The van der Waals surface area contributed by atoms with Gasteiger partial charge >= 0.3 is 5.69 Å². The van der Waals surface area contributed by atoms with Crippen LogP contribution in [0.2, 0.25) is 0 Å². The molecule has 6 heteroatoms. The quantitative estimate of drug-likeness (QED) is 0.817. The first-order chi connectivity index (χ1) is 8.95. The number of carbonyl (C=O) groups excluding carboxylic acids is 1. The first-order valence-electron chi connectivity index (χ1n) is 6.10. The number of nitrogens with two attached hydrogens (primary N) is 1. The molecule has 0 radical (unpaired) electrons. The van der Waals surface area contributed by atoms with E-state index in [4.69, 9.17) is 5.73 Å². The maximum Gasteiger partial charge on any atom is 0.328 e. The molecule has 2 rings (SSSR count). The molecule has 0 saturated heterocycles. The lowest BCUT2D eigenvalue weighted by atomic mass is 10.1. The van der Waals surface area contributed by atoms with Crippen LogP contribution in [0.5, 0.6) is 0 Å². The first-order valence-corrected chi connectivity index (χ1v) is 6.10. The number of aryl methyl sites for hydroxylation is 2. The second-order valence-corrected chi connectivity index (χ2v) is 4.64. The fraction of sp³-hybridized carbons (Fsp3) is 0.385. The molecule has 1 amide bonds. The molecule has 19 heavy (non-hydrogen) atoms. The minimum Gasteiger partial charge on any atom is -0.348 e. The molecule has 102 valence electrons. The molecule has 0 saturated carbocycles. The highest BCUT2D eigenvalue weighted by Gasteiger charge is 2.12. The van der Waals surface area contributed by atoms with Crippen LogP contribution in [0.3, 0.4) is 0 Å². The van der Waals surface area contributed by atoms with E-state index in [0.717, 1.165) is 16.6 Å². The Morgan fingerprint density at radius 3 is 2.58 bits per heavy atom. The predicted molar refractivity (Wildman–Crippen MR) is 73.8 cm³/mol.